The first-order valence-electron chi connectivity index (χ1n) is 8.66. The molecule has 1 fully saturated rings. The summed E-state index contributed by atoms with van der Waals surface area (Å²) in [7, 11) is 0. The molecule has 4 rings (SSSR count). The number of pyridine rings is 1. The lowest BCUT2D eigenvalue weighted by Crippen LogP contribution is -2.38. The number of alkyl halides is 3. The summed E-state index contributed by atoms with van der Waals surface area (Å²) in [5, 5.41) is 5.97. The zero-order valence-corrected chi connectivity index (χ0v) is 15.7. The van der Waals surface area contributed by atoms with Crippen molar-refractivity contribution in [1.29, 1.82) is 0 Å². The average molecular weight is 410 g/mol. The van der Waals surface area contributed by atoms with Crippen LogP contribution in [0.2, 0.25) is 0 Å². The van der Waals surface area contributed by atoms with E-state index in [1.807, 2.05) is 0 Å². The number of fused-ring (bicyclic) bond motifs is 1. The fourth-order valence-corrected chi connectivity index (χ4v) is 4.30. The van der Waals surface area contributed by atoms with Gasteiger partial charge < -0.3 is 10.6 Å². The lowest BCUT2D eigenvalue weighted by molar-refractivity contribution is -0.136. The molecular weight excluding hydrogens is 393 g/mol. The molecular formula is C17H17F3N6OS. The van der Waals surface area contributed by atoms with Gasteiger partial charge in [0.05, 0.1) is 22.2 Å². The molecule has 0 atom stereocenters. The second-order valence-corrected chi connectivity index (χ2v) is 7.62. The highest BCUT2D eigenvalue weighted by Crippen LogP contribution is 2.39. The molecule has 7 nitrogen and oxygen atoms in total. The van der Waals surface area contributed by atoms with Crippen LogP contribution in [0.5, 0.6) is 0 Å². The Balaban J connectivity index is 1.57. The summed E-state index contributed by atoms with van der Waals surface area (Å²) in [6.07, 6.45) is -3.51. The van der Waals surface area contributed by atoms with Gasteiger partial charge in [-0.1, -0.05) is 0 Å². The number of hydrogen-bond acceptors (Lipinski definition) is 6. The molecule has 3 aromatic rings. The van der Waals surface area contributed by atoms with Crippen LogP contribution in [0.3, 0.4) is 0 Å². The topological polar surface area (TPSA) is 101 Å². The molecule has 4 heterocycles. The number of aromatic amines is 1. The van der Waals surface area contributed by atoms with Crippen molar-refractivity contribution < 1.29 is 18.0 Å². The maximum atomic E-state index is 13.5. The number of nitrogens with one attached hydrogen (secondary N) is 1. The van der Waals surface area contributed by atoms with Crippen molar-refractivity contribution in [3.8, 4) is 0 Å². The van der Waals surface area contributed by atoms with E-state index in [-0.39, 0.29) is 28.7 Å². The Kier molecular flexibility index (Phi) is 4.48. The molecule has 0 bridgehead atoms. The first-order chi connectivity index (χ1) is 13.3. The minimum absolute atomic E-state index is 0.0406. The van der Waals surface area contributed by atoms with Crippen LogP contribution in [0.25, 0.3) is 11.0 Å². The van der Waals surface area contributed by atoms with Crippen molar-refractivity contribution in [2.24, 2.45) is 0 Å². The van der Waals surface area contributed by atoms with Gasteiger partial charge in [0.2, 0.25) is 0 Å². The minimum Gasteiger partial charge on any atom is -0.383 e. The molecule has 28 heavy (non-hydrogen) atoms. The van der Waals surface area contributed by atoms with Gasteiger partial charge in [-0.25, -0.2) is 9.97 Å². The Hall–Kier alpha value is -2.69. The Labute approximate surface area is 161 Å². The largest absolute Gasteiger partial charge is 0.417 e. The summed E-state index contributed by atoms with van der Waals surface area (Å²) < 4.78 is 40.5. The van der Waals surface area contributed by atoms with Gasteiger partial charge in [0, 0.05) is 24.7 Å². The molecule has 0 spiro atoms. The third-order valence-electron chi connectivity index (χ3n) is 5.02. The quantitative estimate of drug-likeness (QED) is 0.675. The fourth-order valence-electron chi connectivity index (χ4n) is 3.53. The fraction of sp³-hybridized carbons (Fsp3) is 0.412. The Morgan fingerprint density at radius 2 is 2.07 bits per heavy atom. The van der Waals surface area contributed by atoms with Crippen molar-refractivity contribution in [3.63, 3.8) is 0 Å². The van der Waals surface area contributed by atoms with Crippen molar-refractivity contribution in [1.82, 2.24) is 25.1 Å². The van der Waals surface area contributed by atoms with Gasteiger partial charge in [-0.2, -0.15) is 18.3 Å². The molecule has 1 amide bonds. The van der Waals surface area contributed by atoms with E-state index in [0.29, 0.717) is 42.2 Å². The number of piperidine rings is 1. The zero-order chi connectivity index (χ0) is 20.1. The Bertz CT molecular complexity index is 1040. The SMILES string of the molecule is Cc1ncsc1C(=O)N1CCC(c2cc(C(F)(F)F)c3c(N)[nH]nc3n2)CC1. The number of carbonyl (C=O) groups excluding carboxylic acids is 1. The van der Waals surface area contributed by atoms with Crippen LogP contribution in [-0.2, 0) is 6.18 Å². The summed E-state index contributed by atoms with van der Waals surface area (Å²) in [6.45, 7) is 2.68. The number of rotatable bonds is 2. The predicted molar refractivity (Wildman–Crippen MR) is 98.0 cm³/mol. The van der Waals surface area contributed by atoms with E-state index in [9.17, 15) is 18.0 Å². The Morgan fingerprint density at radius 3 is 2.68 bits per heavy atom. The standard InChI is InChI=1S/C17H17F3N6OS/c1-8-13(28-7-22-8)16(27)26-4-2-9(3-5-26)11-6-10(17(18,19)20)12-14(21)24-25-15(12)23-11/h6-7,9H,2-5H2,1H3,(H3,21,23,24,25). The van der Waals surface area contributed by atoms with E-state index < -0.39 is 11.7 Å². The molecule has 0 radical (unpaired) electrons. The van der Waals surface area contributed by atoms with Crippen LogP contribution < -0.4 is 5.73 Å². The van der Waals surface area contributed by atoms with E-state index in [4.69, 9.17) is 5.73 Å². The molecule has 11 heteroatoms. The van der Waals surface area contributed by atoms with Crippen LogP contribution in [-0.4, -0.2) is 44.1 Å². The van der Waals surface area contributed by atoms with Crippen LogP contribution in [0.1, 0.15) is 45.4 Å². The number of H-pyrrole nitrogens is 1. The third-order valence-corrected chi connectivity index (χ3v) is 5.93. The van der Waals surface area contributed by atoms with E-state index in [1.54, 1.807) is 17.3 Å². The number of nitrogen functional groups attached to an aromatic ring is 1. The van der Waals surface area contributed by atoms with Crippen molar-refractivity contribution in [3.05, 3.63) is 33.4 Å². The van der Waals surface area contributed by atoms with Gasteiger partial charge in [0.15, 0.2) is 5.65 Å². The smallest absolute Gasteiger partial charge is 0.383 e. The van der Waals surface area contributed by atoms with E-state index >= 15 is 0 Å². The molecule has 1 aliphatic rings. The number of amides is 1. The number of thiazole rings is 1. The van der Waals surface area contributed by atoms with Crippen molar-refractivity contribution in [2.75, 3.05) is 18.8 Å². The monoisotopic (exact) mass is 410 g/mol. The predicted octanol–water partition coefficient (Wildman–Crippen LogP) is 3.34. The summed E-state index contributed by atoms with van der Waals surface area (Å²) in [4.78, 5) is 23.3. The Morgan fingerprint density at radius 1 is 1.36 bits per heavy atom. The number of aryl methyl sites for hydroxylation is 1. The van der Waals surface area contributed by atoms with E-state index in [2.05, 4.69) is 20.2 Å². The number of carbonyl (C=O) groups is 1. The highest BCUT2D eigenvalue weighted by molar-refractivity contribution is 7.11. The second-order valence-electron chi connectivity index (χ2n) is 6.76. The van der Waals surface area contributed by atoms with Gasteiger partial charge in [0.1, 0.15) is 10.7 Å². The number of nitrogens with two attached hydrogens (primary N) is 1. The van der Waals surface area contributed by atoms with Gasteiger partial charge >= 0.3 is 6.18 Å². The van der Waals surface area contributed by atoms with E-state index in [0.717, 1.165) is 6.07 Å². The molecule has 0 aromatic carbocycles. The molecule has 3 aromatic heterocycles. The zero-order valence-electron chi connectivity index (χ0n) is 14.9. The van der Waals surface area contributed by atoms with Crippen LogP contribution in [0, 0.1) is 6.92 Å². The number of likely N-dealkylation sites (tertiary alicyclic amines) is 1. The molecule has 148 valence electrons. The number of nitrogens with zero attached hydrogens (tertiary/aromatic N) is 4. The summed E-state index contributed by atoms with van der Waals surface area (Å²) in [6, 6.07) is 1.06. The number of hydrogen-bond donors (Lipinski definition) is 2. The number of anilines is 1. The number of aromatic nitrogens is 4. The molecule has 0 aliphatic carbocycles. The van der Waals surface area contributed by atoms with Crippen molar-refractivity contribution in [2.45, 2.75) is 31.9 Å². The number of halogens is 3. The molecule has 3 N–H and O–H groups in total. The van der Waals surface area contributed by atoms with Gasteiger partial charge in [-0.15, -0.1) is 11.3 Å². The molecule has 0 unspecified atom stereocenters. The lowest BCUT2D eigenvalue weighted by atomic mass is 9.91. The average Bonchev–Trinajstić information content (AvgIpc) is 3.25. The van der Waals surface area contributed by atoms with E-state index in [1.165, 1.54) is 11.3 Å². The summed E-state index contributed by atoms with van der Waals surface area (Å²) in [5.74, 6) is -0.422. The summed E-state index contributed by atoms with van der Waals surface area (Å²) >= 11 is 1.29. The minimum atomic E-state index is -4.56. The van der Waals surface area contributed by atoms with Gasteiger partial charge in [-0.3, -0.25) is 9.89 Å². The van der Waals surface area contributed by atoms with Gasteiger partial charge in [0.25, 0.3) is 5.91 Å². The maximum absolute atomic E-state index is 13.5. The lowest BCUT2D eigenvalue weighted by Gasteiger charge is -2.31. The first-order valence-corrected chi connectivity index (χ1v) is 9.54. The van der Waals surface area contributed by atoms with Crippen LogP contribution >= 0.6 is 11.3 Å². The second kappa shape index (κ2) is 6.73. The highest BCUT2D eigenvalue weighted by Gasteiger charge is 2.36. The van der Waals surface area contributed by atoms with Crippen LogP contribution in [0.4, 0.5) is 19.0 Å². The first kappa shape index (κ1) is 18.7. The molecule has 1 saturated heterocycles. The van der Waals surface area contributed by atoms with Gasteiger partial charge in [-0.05, 0) is 25.8 Å². The van der Waals surface area contributed by atoms with Crippen molar-refractivity contribution >= 4 is 34.1 Å². The maximum Gasteiger partial charge on any atom is 0.417 e. The molecule has 0 saturated carbocycles. The molecule has 1 aliphatic heterocycles. The third kappa shape index (κ3) is 3.19. The highest BCUT2D eigenvalue weighted by atomic mass is 32.1. The normalized spacial score (nSPS) is 16.1. The summed E-state index contributed by atoms with van der Waals surface area (Å²) in [5.41, 5.74) is 7.37. The van der Waals surface area contributed by atoms with Crippen LogP contribution in [0.15, 0.2) is 11.6 Å².